The molecule has 1 nitrogen and oxygen atoms in total. The molecule has 3 rings (SSSR count). The van der Waals surface area contributed by atoms with Gasteiger partial charge in [0.2, 0.25) is 0 Å². The Labute approximate surface area is 125 Å². The summed E-state index contributed by atoms with van der Waals surface area (Å²) in [4.78, 5) is 2.69. The van der Waals surface area contributed by atoms with Gasteiger partial charge in [0.15, 0.2) is 0 Å². The molecule has 0 saturated heterocycles. The van der Waals surface area contributed by atoms with E-state index in [2.05, 4.69) is 27.3 Å². The molecule has 2 aromatic rings. The summed E-state index contributed by atoms with van der Waals surface area (Å²) in [5.41, 5.74) is 2.16. The smallest absolute Gasteiger partial charge is 0.128 e. The second kappa shape index (κ2) is 5.35. The first-order valence-electron chi connectivity index (χ1n) is 6.42. The Morgan fingerprint density at radius 2 is 2.16 bits per heavy atom. The molecular formula is C15H15BrFNS. The van der Waals surface area contributed by atoms with E-state index in [1.54, 1.807) is 6.07 Å². The summed E-state index contributed by atoms with van der Waals surface area (Å²) in [5, 5.41) is 3.24. The molecule has 4 heteroatoms. The molecule has 0 amide bonds. The van der Waals surface area contributed by atoms with Crippen LogP contribution < -0.4 is 5.32 Å². The third-order valence-corrected chi connectivity index (χ3v) is 5.40. The van der Waals surface area contributed by atoms with Crippen molar-refractivity contribution in [3.8, 4) is 0 Å². The predicted octanol–water partition coefficient (Wildman–Crippen LogP) is 4.45. The molecule has 1 atom stereocenters. The number of nitrogens with one attached hydrogen (secondary N) is 1. The van der Waals surface area contributed by atoms with Gasteiger partial charge in [-0.15, -0.1) is 11.3 Å². The van der Waals surface area contributed by atoms with Crippen LogP contribution in [-0.2, 0) is 12.8 Å². The summed E-state index contributed by atoms with van der Waals surface area (Å²) in [6.45, 7) is 0. The molecule has 0 bridgehead atoms. The second-order valence-electron chi connectivity index (χ2n) is 4.84. The molecule has 100 valence electrons. The SMILES string of the molecule is CNC(c1cc2c(s1)CCC2)c1cc(Br)ccc1F. The molecule has 1 aromatic carbocycles. The number of fused-ring (bicyclic) bond motifs is 1. The zero-order chi connectivity index (χ0) is 13.4. The molecule has 0 aliphatic heterocycles. The molecule has 1 N–H and O–H groups in total. The number of hydrogen-bond acceptors (Lipinski definition) is 2. The Morgan fingerprint density at radius 3 is 2.89 bits per heavy atom. The van der Waals surface area contributed by atoms with Crippen molar-refractivity contribution in [2.45, 2.75) is 25.3 Å². The standard InChI is InChI=1S/C15H15BrFNS/c1-18-15(11-8-10(16)5-6-12(11)17)14-7-9-3-2-4-13(9)19-14/h5-8,15,18H,2-4H2,1H3. The lowest BCUT2D eigenvalue weighted by molar-refractivity contribution is 0.578. The van der Waals surface area contributed by atoms with Crippen LogP contribution >= 0.6 is 27.3 Å². The highest BCUT2D eigenvalue weighted by Gasteiger charge is 2.22. The lowest BCUT2D eigenvalue weighted by atomic mass is 10.0. The van der Waals surface area contributed by atoms with E-state index in [4.69, 9.17) is 0 Å². The lowest BCUT2D eigenvalue weighted by Gasteiger charge is -2.16. The fraction of sp³-hybridized carbons (Fsp3) is 0.333. The summed E-state index contributed by atoms with van der Waals surface area (Å²) in [7, 11) is 1.88. The van der Waals surface area contributed by atoms with Gasteiger partial charge in [-0.25, -0.2) is 4.39 Å². The van der Waals surface area contributed by atoms with Crippen LogP contribution in [0, 0.1) is 5.82 Å². The highest BCUT2D eigenvalue weighted by Crippen LogP contribution is 2.37. The van der Waals surface area contributed by atoms with Gasteiger partial charge in [0.1, 0.15) is 5.82 Å². The summed E-state index contributed by atoms with van der Waals surface area (Å²) in [5.74, 6) is -0.156. The van der Waals surface area contributed by atoms with E-state index in [9.17, 15) is 4.39 Å². The van der Waals surface area contributed by atoms with Crippen LogP contribution in [0.5, 0.6) is 0 Å². The average Bonchev–Trinajstić information content (AvgIpc) is 2.95. The molecule has 19 heavy (non-hydrogen) atoms. The number of thiophene rings is 1. The molecule has 0 saturated carbocycles. The van der Waals surface area contributed by atoms with E-state index in [0.29, 0.717) is 5.56 Å². The monoisotopic (exact) mass is 339 g/mol. The summed E-state index contributed by atoms with van der Waals surface area (Å²) in [6, 6.07) is 7.30. The van der Waals surface area contributed by atoms with Crippen LogP contribution in [0.2, 0.25) is 0 Å². The zero-order valence-corrected chi connectivity index (χ0v) is 13.1. The minimum Gasteiger partial charge on any atom is -0.309 e. The van der Waals surface area contributed by atoms with Crippen molar-refractivity contribution in [1.82, 2.24) is 5.32 Å². The van der Waals surface area contributed by atoms with Crippen molar-refractivity contribution in [2.24, 2.45) is 0 Å². The van der Waals surface area contributed by atoms with Gasteiger partial charge >= 0.3 is 0 Å². The Bertz CT molecular complexity index is 587. The topological polar surface area (TPSA) is 12.0 Å². The minimum absolute atomic E-state index is 0.0619. The fourth-order valence-electron chi connectivity index (χ4n) is 2.68. The normalized spacial score (nSPS) is 15.5. The van der Waals surface area contributed by atoms with Gasteiger partial charge in [0, 0.05) is 19.8 Å². The summed E-state index contributed by atoms with van der Waals surface area (Å²) < 4.78 is 14.9. The van der Waals surface area contributed by atoms with Crippen LogP contribution in [0.3, 0.4) is 0 Å². The first-order valence-corrected chi connectivity index (χ1v) is 8.03. The van der Waals surface area contributed by atoms with Crippen molar-refractivity contribution in [3.63, 3.8) is 0 Å². The van der Waals surface area contributed by atoms with Gasteiger partial charge in [-0.3, -0.25) is 0 Å². The third-order valence-electron chi connectivity index (χ3n) is 3.61. The predicted molar refractivity (Wildman–Crippen MR) is 81.3 cm³/mol. The van der Waals surface area contributed by atoms with E-state index in [1.807, 2.05) is 24.5 Å². The van der Waals surface area contributed by atoms with Crippen LogP contribution in [-0.4, -0.2) is 7.05 Å². The van der Waals surface area contributed by atoms with Crippen LogP contribution in [0.4, 0.5) is 4.39 Å². The quantitative estimate of drug-likeness (QED) is 0.871. The Kier molecular flexibility index (Phi) is 3.74. The minimum atomic E-state index is -0.156. The van der Waals surface area contributed by atoms with Crippen molar-refractivity contribution < 1.29 is 4.39 Å². The molecule has 1 unspecified atom stereocenters. The maximum atomic E-state index is 14.0. The van der Waals surface area contributed by atoms with Crippen molar-refractivity contribution in [3.05, 3.63) is 55.4 Å². The second-order valence-corrected chi connectivity index (χ2v) is 6.92. The zero-order valence-electron chi connectivity index (χ0n) is 10.7. The third kappa shape index (κ3) is 2.49. The van der Waals surface area contributed by atoms with Gasteiger partial charge < -0.3 is 5.32 Å². The molecule has 0 spiro atoms. The van der Waals surface area contributed by atoms with E-state index in [0.717, 1.165) is 4.47 Å². The summed E-state index contributed by atoms with van der Waals surface area (Å²) >= 11 is 5.24. The molecule has 0 radical (unpaired) electrons. The highest BCUT2D eigenvalue weighted by molar-refractivity contribution is 9.10. The van der Waals surface area contributed by atoms with Crippen molar-refractivity contribution in [2.75, 3.05) is 7.05 Å². The Morgan fingerprint density at radius 1 is 1.32 bits per heavy atom. The summed E-state index contributed by atoms with van der Waals surface area (Å²) in [6.07, 6.45) is 3.61. The molecule has 1 aliphatic carbocycles. The largest absolute Gasteiger partial charge is 0.309 e. The van der Waals surface area contributed by atoms with E-state index >= 15 is 0 Å². The van der Waals surface area contributed by atoms with Crippen LogP contribution in [0.15, 0.2) is 28.7 Å². The van der Waals surface area contributed by atoms with Gasteiger partial charge in [0.05, 0.1) is 6.04 Å². The van der Waals surface area contributed by atoms with Crippen molar-refractivity contribution >= 4 is 27.3 Å². The molecule has 1 heterocycles. The van der Waals surface area contributed by atoms with Gasteiger partial charge in [-0.2, -0.15) is 0 Å². The first-order chi connectivity index (χ1) is 9.19. The van der Waals surface area contributed by atoms with E-state index in [1.165, 1.54) is 40.6 Å². The number of halogens is 2. The molecule has 0 fully saturated rings. The Balaban J connectivity index is 2.01. The average molecular weight is 340 g/mol. The van der Waals surface area contributed by atoms with Gasteiger partial charge in [-0.1, -0.05) is 15.9 Å². The number of rotatable bonds is 3. The first kappa shape index (κ1) is 13.3. The Hall–Kier alpha value is -0.710. The van der Waals surface area contributed by atoms with Gasteiger partial charge in [0.25, 0.3) is 0 Å². The van der Waals surface area contributed by atoms with Crippen LogP contribution in [0.25, 0.3) is 0 Å². The number of benzene rings is 1. The number of aryl methyl sites for hydroxylation is 2. The molecular weight excluding hydrogens is 325 g/mol. The lowest BCUT2D eigenvalue weighted by Crippen LogP contribution is -2.18. The fourth-order valence-corrected chi connectivity index (χ4v) is 4.45. The van der Waals surface area contributed by atoms with Crippen LogP contribution in [0.1, 0.15) is 33.3 Å². The van der Waals surface area contributed by atoms with Gasteiger partial charge in [-0.05, 0) is 56.1 Å². The molecule has 1 aromatic heterocycles. The maximum absolute atomic E-state index is 14.0. The highest BCUT2D eigenvalue weighted by atomic mass is 79.9. The van der Waals surface area contributed by atoms with E-state index < -0.39 is 0 Å². The van der Waals surface area contributed by atoms with Crippen molar-refractivity contribution in [1.29, 1.82) is 0 Å². The number of hydrogen-bond donors (Lipinski definition) is 1. The van der Waals surface area contributed by atoms with E-state index in [-0.39, 0.29) is 11.9 Å². The molecule has 1 aliphatic rings. The maximum Gasteiger partial charge on any atom is 0.128 e.